The molecule has 2 aliphatic carbocycles. The van der Waals surface area contributed by atoms with Gasteiger partial charge in [0.15, 0.2) is 0 Å². The van der Waals surface area contributed by atoms with E-state index in [9.17, 15) is 4.79 Å². The maximum atomic E-state index is 13.9. The molecule has 7 rings (SSSR count). The summed E-state index contributed by atoms with van der Waals surface area (Å²) >= 11 is 0. The first-order chi connectivity index (χ1) is 17.5. The standard InChI is InChI=1S/C28H29N7O/c1-17-10-28(11-17,27-32-31-16-34(27)3)19-5-4-6-20(9-19)35-14-22(18-7-8-18)24-21(12-30-25(24)26(35)36)23-13-29-15-33(23)2/h4-6,9,12-18,30H,7-8,10-11H2,1-3H3/t17-,28+. The van der Waals surface area contributed by atoms with Crippen LogP contribution in [0.4, 0.5) is 0 Å². The molecule has 1 N–H and O–H groups in total. The van der Waals surface area contributed by atoms with Crippen molar-refractivity contribution in [3.8, 4) is 16.9 Å². The van der Waals surface area contributed by atoms with Gasteiger partial charge in [0.25, 0.3) is 5.56 Å². The Balaban J connectivity index is 1.41. The van der Waals surface area contributed by atoms with Crippen LogP contribution in [0.5, 0.6) is 0 Å². The predicted molar refractivity (Wildman–Crippen MR) is 138 cm³/mol. The predicted octanol–water partition coefficient (Wildman–Crippen LogP) is 4.44. The van der Waals surface area contributed by atoms with Gasteiger partial charge in [-0.05, 0) is 60.8 Å². The molecule has 0 spiro atoms. The van der Waals surface area contributed by atoms with Gasteiger partial charge < -0.3 is 14.1 Å². The van der Waals surface area contributed by atoms with Gasteiger partial charge in [0, 0.05) is 43.1 Å². The van der Waals surface area contributed by atoms with Crippen molar-refractivity contribution in [2.75, 3.05) is 0 Å². The molecule has 8 heteroatoms. The number of aryl methyl sites for hydroxylation is 2. The Bertz CT molecular complexity index is 1670. The summed E-state index contributed by atoms with van der Waals surface area (Å²) in [5.74, 6) is 2.09. The van der Waals surface area contributed by atoms with Crippen molar-refractivity contribution in [3.63, 3.8) is 0 Å². The average molecular weight is 480 g/mol. The molecule has 36 heavy (non-hydrogen) atoms. The van der Waals surface area contributed by atoms with E-state index in [4.69, 9.17) is 0 Å². The van der Waals surface area contributed by atoms with Crippen LogP contribution in [0.15, 0.2) is 60.3 Å². The van der Waals surface area contributed by atoms with Crippen LogP contribution >= 0.6 is 0 Å². The maximum Gasteiger partial charge on any atom is 0.279 e. The van der Waals surface area contributed by atoms with Crippen LogP contribution in [0, 0.1) is 5.92 Å². The molecule has 2 saturated carbocycles. The first-order valence-electron chi connectivity index (χ1n) is 12.6. The van der Waals surface area contributed by atoms with Gasteiger partial charge in [0.1, 0.15) is 17.7 Å². The van der Waals surface area contributed by atoms with Crippen LogP contribution in [-0.2, 0) is 19.5 Å². The third-order valence-corrected chi connectivity index (χ3v) is 8.19. The molecule has 2 fully saturated rings. The van der Waals surface area contributed by atoms with Crippen LogP contribution in [-0.4, -0.2) is 33.9 Å². The molecule has 0 saturated heterocycles. The summed E-state index contributed by atoms with van der Waals surface area (Å²) in [6, 6.07) is 8.44. The van der Waals surface area contributed by atoms with Crippen LogP contribution in [0.1, 0.15) is 55.5 Å². The summed E-state index contributed by atoms with van der Waals surface area (Å²) in [4.78, 5) is 21.5. The summed E-state index contributed by atoms with van der Waals surface area (Å²) in [7, 11) is 3.99. The van der Waals surface area contributed by atoms with E-state index in [2.05, 4.69) is 51.5 Å². The van der Waals surface area contributed by atoms with Crippen LogP contribution in [0.25, 0.3) is 27.8 Å². The van der Waals surface area contributed by atoms with E-state index in [0.29, 0.717) is 17.4 Å². The van der Waals surface area contributed by atoms with Crippen molar-refractivity contribution in [3.05, 3.63) is 82.8 Å². The lowest BCUT2D eigenvalue weighted by Gasteiger charge is -2.46. The fourth-order valence-corrected chi connectivity index (χ4v) is 6.34. The number of fused-ring (bicyclic) bond motifs is 1. The molecular weight excluding hydrogens is 450 g/mol. The molecule has 0 aliphatic heterocycles. The largest absolute Gasteiger partial charge is 0.356 e. The Hall–Kier alpha value is -3.94. The van der Waals surface area contributed by atoms with Gasteiger partial charge in [0.2, 0.25) is 0 Å². The highest BCUT2D eigenvalue weighted by Crippen LogP contribution is 2.51. The zero-order valence-electron chi connectivity index (χ0n) is 20.8. The lowest BCUT2D eigenvalue weighted by Crippen LogP contribution is -2.43. The number of aromatic nitrogens is 7. The molecule has 2 aliphatic rings. The summed E-state index contributed by atoms with van der Waals surface area (Å²) in [5, 5.41) is 9.69. The second-order valence-corrected chi connectivity index (χ2v) is 10.8. The van der Waals surface area contributed by atoms with E-state index >= 15 is 0 Å². The van der Waals surface area contributed by atoms with Gasteiger partial charge in [-0.3, -0.25) is 9.36 Å². The third-order valence-electron chi connectivity index (χ3n) is 8.19. The maximum absolute atomic E-state index is 13.9. The van der Waals surface area contributed by atoms with Crippen molar-refractivity contribution >= 4 is 10.9 Å². The smallest absolute Gasteiger partial charge is 0.279 e. The number of rotatable bonds is 5. The van der Waals surface area contributed by atoms with Crippen molar-refractivity contribution in [2.45, 2.75) is 43.9 Å². The quantitative estimate of drug-likeness (QED) is 0.404. The lowest BCUT2D eigenvalue weighted by atomic mass is 9.58. The minimum absolute atomic E-state index is 0.0327. The van der Waals surface area contributed by atoms with Crippen LogP contribution in [0.2, 0.25) is 0 Å². The van der Waals surface area contributed by atoms with Gasteiger partial charge in [-0.1, -0.05) is 19.1 Å². The Labute approximate surface area is 208 Å². The monoisotopic (exact) mass is 479 g/mol. The van der Waals surface area contributed by atoms with Gasteiger partial charge in [-0.25, -0.2) is 4.98 Å². The van der Waals surface area contributed by atoms with Gasteiger partial charge in [-0.15, -0.1) is 10.2 Å². The number of benzene rings is 1. The van der Waals surface area contributed by atoms with Crippen molar-refractivity contribution in [1.29, 1.82) is 0 Å². The molecule has 4 heterocycles. The first kappa shape index (κ1) is 21.4. The average Bonchev–Trinajstić information content (AvgIpc) is 3.22. The highest BCUT2D eigenvalue weighted by atomic mass is 16.1. The van der Waals surface area contributed by atoms with Crippen LogP contribution < -0.4 is 5.56 Å². The molecule has 8 nitrogen and oxygen atoms in total. The lowest BCUT2D eigenvalue weighted by molar-refractivity contribution is 0.185. The number of hydrogen-bond acceptors (Lipinski definition) is 4. The molecule has 1 aromatic carbocycles. The number of nitrogens with zero attached hydrogens (tertiary/aromatic N) is 6. The number of H-pyrrole nitrogens is 1. The zero-order chi connectivity index (χ0) is 24.6. The molecule has 5 aromatic rings. The first-order valence-corrected chi connectivity index (χ1v) is 12.6. The Kier molecular flexibility index (Phi) is 4.46. The van der Waals surface area contributed by atoms with Gasteiger partial charge in [0.05, 0.1) is 23.6 Å². The molecule has 182 valence electrons. The normalized spacial score (nSPS) is 21.7. The number of nitrogens with one attached hydrogen (secondary N) is 1. The summed E-state index contributed by atoms with van der Waals surface area (Å²) in [6.07, 6.45) is 13.8. The molecule has 0 unspecified atom stereocenters. The summed E-state index contributed by atoms with van der Waals surface area (Å²) in [5.41, 5.74) is 5.80. The number of pyridine rings is 1. The van der Waals surface area contributed by atoms with E-state index in [1.165, 1.54) is 11.1 Å². The summed E-state index contributed by atoms with van der Waals surface area (Å²) < 4.78 is 5.86. The topological polar surface area (TPSA) is 86.3 Å². The fraction of sp³-hybridized carbons (Fsp3) is 0.357. The second-order valence-electron chi connectivity index (χ2n) is 10.8. The van der Waals surface area contributed by atoms with E-state index in [-0.39, 0.29) is 11.0 Å². The molecular formula is C28H29N7O. The molecule has 0 radical (unpaired) electrons. The highest BCUT2D eigenvalue weighted by Gasteiger charge is 2.48. The van der Waals surface area contributed by atoms with Gasteiger partial charge in [-0.2, -0.15) is 0 Å². The minimum atomic E-state index is -0.174. The second kappa shape index (κ2) is 7.53. The van der Waals surface area contributed by atoms with E-state index in [1.807, 2.05) is 46.3 Å². The Morgan fingerprint density at radius 2 is 1.94 bits per heavy atom. The number of hydrogen-bond donors (Lipinski definition) is 1. The fourth-order valence-electron chi connectivity index (χ4n) is 6.34. The van der Waals surface area contributed by atoms with Crippen LogP contribution in [0.3, 0.4) is 0 Å². The summed E-state index contributed by atoms with van der Waals surface area (Å²) in [6.45, 7) is 2.28. The SMILES string of the molecule is Cn1cncc1-c1c[nH]c2c(=O)n(-c3cccc([C@]4(c5nncn5C)C[C@@H](C)C4)c3)cc(C3CC3)c12. The molecule has 0 amide bonds. The number of imidazole rings is 1. The van der Waals surface area contributed by atoms with Crippen molar-refractivity contribution in [1.82, 2.24) is 33.9 Å². The number of aromatic amines is 1. The highest BCUT2D eigenvalue weighted by molar-refractivity contribution is 5.97. The molecule has 4 aromatic heterocycles. The van der Waals surface area contributed by atoms with Crippen molar-refractivity contribution in [2.24, 2.45) is 20.0 Å². The van der Waals surface area contributed by atoms with E-state index in [0.717, 1.165) is 53.8 Å². The Morgan fingerprint density at radius 3 is 2.61 bits per heavy atom. The molecule has 0 atom stereocenters. The minimum Gasteiger partial charge on any atom is -0.356 e. The van der Waals surface area contributed by atoms with E-state index in [1.54, 1.807) is 12.7 Å². The van der Waals surface area contributed by atoms with E-state index < -0.39 is 0 Å². The molecule has 0 bridgehead atoms. The Morgan fingerprint density at radius 1 is 1.11 bits per heavy atom. The zero-order valence-corrected chi connectivity index (χ0v) is 20.8. The van der Waals surface area contributed by atoms with Crippen molar-refractivity contribution < 1.29 is 0 Å². The third kappa shape index (κ3) is 3.00. The van der Waals surface area contributed by atoms with Gasteiger partial charge >= 0.3 is 0 Å².